The maximum atomic E-state index is 11.8. The van der Waals surface area contributed by atoms with Crippen molar-refractivity contribution in [2.45, 2.75) is 20.4 Å². The molecule has 0 bridgehead atoms. The van der Waals surface area contributed by atoms with Gasteiger partial charge < -0.3 is 19.9 Å². The number of aromatic nitrogens is 3. The van der Waals surface area contributed by atoms with Gasteiger partial charge in [0, 0.05) is 32.7 Å². The van der Waals surface area contributed by atoms with Crippen molar-refractivity contribution in [3.8, 4) is 0 Å². The molecule has 1 N–H and O–H groups in total. The Bertz CT molecular complexity index is 729. The van der Waals surface area contributed by atoms with E-state index in [1.807, 2.05) is 11.8 Å². The zero-order valence-corrected chi connectivity index (χ0v) is 15.2. The van der Waals surface area contributed by atoms with E-state index in [-0.39, 0.29) is 6.09 Å². The quantitative estimate of drug-likeness (QED) is 0.878. The predicted molar refractivity (Wildman–Crippen MR) is 99.1 cm³/mol. The number of aryl methyl sites for hydroxylation is 1. The molecule has 0 aliphatic carbocycles. The zero-order chi connectivity index (χ0) is 18.4. The molecular formula is C18H24N6O2. The highest BCUT2D eigenvalue weighted by Crippen LogP contribution is 2.14. The largest absolute Gasteiger partial charge is 0.450 e. The Hall–Kier alpha value is -2.90. The molecule has 138 valence electrons. The van der Waals surface area contributed by atoms with Gasteiger partial charge in [0.15, 0.2) is 5.82 Å². The van der Waals surface area contributed by atoms with Gasteiger partial charge in [0.1, 0.15) is 0 Å². The topological polar surface area (TPSA) is 83.5 Å². The molecule has 1 aromatic carbocycles. The van der Waals surface area contributed by atoms with Crippen LogP contribution in [0.5, 0.6) is 0 Å². The van der Waals surface area contributed by atoms with Crippen molar-refractivity contribution in [1.29, 1.82) is 0 Å². The Balaban J connectivity index is 1.56. The summed E-state index contributed by atoms with van der Waals surface area (Å²) in [6, 6.07) is 8.35. The molecule has 8 nitrogen and oxygen atoms in total. The van der Waals surface area contributed by atoms with Crippen LogP contribution in [0.3, 0.4) is 0 Å². The molecule has 8 heteroatoms. The molecule has 1 saturated heterocycles. The fourth-order valence-electron chi connectivity index (χ4n) is 2.72. The summed E-state index contributed by atoms with van der Waals surface area (Å²) >= 11 is 0. The van der Waals surface area contributed by atoms with Gasteiger partial charge >= 0.3 is 6.09 Å². The summed E-state index contributed by atoms with van der Waals surface area (Å²) in [5.41, 5.74) is 2.42. The van der Waals surface area contributed by atoms with Crippen LogP contribution in [0.2, 0.25) is 0 Å². The molecule has 3 rings (SSSR count). The highest BCUT2D eigenvalue weighted by molar-refractivity contribution is 5.68. The lowest BCUT2D eigenvalue weighted by molar-refractivity contribution is 0.105. The molecule has 1 amide bonds. The summed E-state index contributed by atoms with van der Waals surface area (Å²) in [5, 5.41) is 11.5. The first-order valence-corrected chi connectivity index (χ1v) is 8.81. The van der Waals surface area contributed by atoms with Crippen molar-refractivity contribution in [2.75, 3.05) is 43.0 Å². The number of anilines is 2. The van der Waals surface area contributed by atoms with Gasteiger partial charge in [-0.1, -0.05) is 29.8 Å². The van der Waals surface area contributed by atoms with Crippen LogP contribution in [-0.2, 0) is 11.3 Å². The number of nitrogens with zero attached hydrogens (tertiary/aromatic N) is 5. The summed E-state index contributed by atoms with van der Waals surface area (Å²) in [5.74, 6) is 1.26. The van der Waals surface area contributed by atoms with Crippen molar-refractivity contribution in [2.24, 2.45) is 0 Å². The second kappa shape index (κ2) is 8.46. The lowest BCUT2D eigenvalue weighted by atomic mass is 10.1. The minimum atomic E-state index is -0.264. The lowest BCUT2D eigenvalue weighted by Crippen LogP contribution is -2.49. The van der Waals surface area contributed by atoms with Crippen LogP contribution in [0.1, 0.15) is 18.1 Å². The number of benzene rings is 1. The molecule has 1 fully saturated rings. The van der Waals surface area contributed by atoms with Gasteiger partial charge in [-0.05, 0) is 19.4 Å². The molecule has 2 heterocycles. The van der Waals surface area contributed by atoms with Gasteiger partial charge in [0.2, 0.25) is 5.95 Å². The highest BCUT2D eigenvalue weighted by Gasteiger charge is 2.23. The van der Waals surface area contributed by atoms with E-state index in [0.29, 0.717) is 51.1 Å². The molecule has 0 unspecified atom stereocenters. The van der Waals surface area contributed by atoms with Crippen molar-refractivity contribution in [3.63, 3.8) is 0 Å². The fourth-order valence-corrected chi connectivity index (χ4v) is 2.72. The molecule has 1 aromatic heterocycles. The Morgan fingerprint density at radius 1 is 1.19 bits per heavy atom. The number of piperazine rings is 1. The van der Waals surface area contributed by atoms with E-state index in [9.17, 15) is 4.79 Å². The normalized spacial score (nSPS) is 14.2. The minimum Gasteiger partial charge on any atom is -0.450 e. The third kappa shape index (κ3) is 4.59. The van der Waals surface area contributed by atoms with Crippen LogP contribution >= 0.6 is 0 Å². The number of rotatable bonds is 5. The van der Waals surface area contributed by atoms with Gasteiger partial charge in [-0.2, -0.15) is 10.1 Å². The Labute approximate surface area is 153 Å². The van der Waals surface area contributed by atoms with Gasteiger partial charge in [0.05, 0.1) is 12.8 Å². The molecule has 0 spiro atoms. The van der Waals surface area contributed by atoms with Gasteiger partial charge in [-0.15, -0.1) is 5.10 Å². The van der Waals surface area contributed by atoms with Crippen LogP contribution < -0.4 is 10.2 Å². The van der Waals surface area contributed by atoms with Crippen molar-refractivity contribution in [3.05, 3.63) is 41.6 Å². The number of carbonyl (C=O) groups is 1. The van der Waals surface area contributed by atoms with Gasteiger partial charge in [-0.3, -0.25) is 0 Å². The molecule has 26 heavy (non-hydrogen) atoms. The number of nitrogens with one attached hydrogen (secondary N) is 1. The van der Waals surface area contributed by atoms with Crippen molar-refractivity contribution in [1.82, 2.24) is 20.1 Å². The maximum absolute atomic E-state index is 11.8. The summed E-state index contributed by atoms with van der Waals surface area (Å²) in [4.78, 5) is 20.0. The van der Waals surface area contributed by atoms with Crippen LogP contribution in [0, 0.1) is 6.92 Å². The van der Waals surface area contributed by atoms with Gasteiger partial charge in [-0.25, -0.2) is 4.79 Å². The molecule has 1 aliphatic rings. The predicted octanol–water partition coefficient (Wildman–Crippen LogP) is 2.07. The molecule has 0 atom stereocenters. The molecular weight excluding hydrogens is 332 g/mol. The van der Waals surface area contributed by atoms with Crippen molar-refractivity contribution < 1.29 is 9.53 Å². The smallest absolute Gasteiger partial charge is 0.409 e. The Kier molecular flexibility index (Phi) is 5.83. The maximum Gasteiger partial charge on any atom is 0.409 e. The lowest BCUT2D eigenvalue weighted by Gasteiger charge is -2.33. The Morgan fingerprint density at radius 2 is 1.92 bits per heavy atom. The molecule has 0 radical (unpaired) electrons. The SMILES string of the molecule is CCOC(=O)N1CCN(c2nncc(NCc3ccc(C)cc3)n2)CC1. The van der Waals surface area contributed by atoms with Crippen molar-refractivity contribution >= 4 is 17.9 Å². The number of amides is 1. The monoisotopic (exact) mass is 356 g/mol. The first kappa shape index (κ1) is 17.9. The van der Waals surface area contributed by atoms with Gasteiger partial charge in [0.25, 0.3) is 0 Å². The van der Waals surface area contributed by atoms with E-state index in [2.05, 4.69) is 51.7 Å². The number of carbonyl (C=O) groups excluding carboxylic acids is 1. The number of hydrogen-bond acceptors (Lipinski definition) is 7. The van der Waals surface area contributed by atoms with Crippen LogP contribution in [0.25, 0.3) is 0 Å². The number of hydrogen-bond donors (Lipinski definition) is 1. The molecule has 0 saturated carbocycles. The summed E-state index contributed by atoms with van der Waals surface area (Å²) < 4.78 is 5.04. The second-order valence-corrected chi connectivity index (χ2v) is 6.15. The highest BCUT2D eigenvalue weighted by atomic mass is 16.6. The van der Waals surface area contributed by atoms with Crippen LogP contribution in [0.15, 0.2) is 30.5 Å². The van der Waals surface area contributed by atoms with Crippen LogP contribution in [-0.4, -0.2) is 59.0 Å². The average molecular weight is 356 g/mol. The average Bonchev–Trinajstić information content (AvgIpc) is 2.68. The van der Waals surface area contributed by atoms with E-state index >= 15 is 0 Å². The van der Waals surface area contributed by atoms with E-state index in [0.717, 1.165) is 0 Å². The third-order valence-corrected chi connectivity index (χ3v) is 4.23. The standard InChI is InChI=1S/C18H24N6O2/c1-3-26-18(25)24-10-8-23(9-11-24)17-21-16(13-20-22-17)19-12-15-6-4-14(2)5-7-15/h4-7,13H,3,8-12H2,1-2H3,(H,19,21,22). The fraction of sp³-hybridized carbons (Fsp3) is 0.444. The second-order valence-electron chi connectivity index (χ2n) is 6.15. The van der Waals surface area contributed by atoms with Crippen LogP contribution in [0.4, 0.5) is 16.6 Å². The van der Waals surface area contributed by atoms with E-state index in [1.54, 1.807) is 11.1 Å². The van der Waals surface area contributed by atoms with E-state index < -0.39 is 0 Å². The first-order chi connectivity index (χ1) is 12.7. The summed E-state index contributed by atoms with van der Waals surface area (Å²) in [6.45, 7) is 7.42. The summed E-state index contributed by atoms with van der Waals surface area (Å²) in [7, 11) is 0. The third-order valence-electron chi connectivity index (χ3n) is 4.23. The summed E-state index contributed by atoms with van der Waals surface area (Å²) in [6.07, 6.45) is 1.35. The van der Waals surface area contributed by atoms with E-state index in [4.69, 9.17) is 4.74 Å². The van der Waals surface area contributed by atoms with E-state index in [1.165, 1.54) is 11.1 Å². The molecule has 1 aliphatic heterocycles. The number of ether oxygens (including phenoxy) is 1. The minimum absolute atomic E-state index is 0.264. The zero-order valence-electron chi connectivity index (χ0n) is 15.2. The Morgan fingerprint density at radius 3 is 2.62 bits per heavy atom. The molecule has 2 aromatic rings. The first-order valence-electron chi connectivity index (χ1n) is 8.81.